The SMILES string of the molecule is CC(CCO)N=CC(C(=O)O)=C(O)c1cc(F)c(F)c(F)c1F. The molecule has 0 aliphatic heterocycles. The molecule has 0 aliphatic carbocycles. The van der Waals surface area contributed by atoms with Crippen molar-refractivity contribution in [2.75, 3.05) is 6.61 Å². The van der Waals surface area contributed by atoms with Gasteiger partial charge in [0.05, 0.1) is 5.56 Å². The highest BCUT2D eigenvalue weighted by Crippen LogP contribution is 2.25. The van der Waals surface area contributed by atoms with Gasteiger partial charge in [-0.3, -0.25) is 4.99 Å². The van der Waals surface area contributed by atoms with Crippen LogP contribution >= 0.6 is 0 Å². The molecule has 1 atom stereocenters. The Hall–Kier alpha value is -2.42. The molecular formula is C14H13F4NO4. The Morgan fingerprint density at radius 2 is 1.83 bits per heavy atom. The largest absolute Gasteiger partial charge is 0.506 e. The number of hydrogen-bond donors (Lipinski definition) is 3. The fourth-order valence-corrected chi connectivity index (χ4v) is 1.57. The van der Waals surface area contributed by atoms with Crippen molar-refractivity contribution in [3.63, 3.8) is 0 Å². The van der Waals surface area contributed by atoms with Gasteiger partial charge >= 0.3 is 5.97 Å². The topological polar surface area (TPSA) is 90.1 Å². The minimum Gasteiger partial charge on any atom is -0.506 e. The molecule has 1 aromatic carbocycles. The highest BCUT2D eigenvalue weighted by molar-refractivity contribution is 6.14. The van der Waals surface area contributed by atoms with Gasteiger partial charge in [-0.15, -0.1) is 0 Å². The predicted octanol–water partition coefficient (Wildman–Crippen LogP) is 2.44. The summed E-state index contributed by atoms with van der Waals surface area (Å²) in [7, 11) is 0. The molecule has 1 aromatic rings. The molecule has 0 aliphatic rings. The third kappa shape index (κ3) is 4.28. The highest BCUT2D eigenvalue weighted by atomic mass is 19.2. The number of rotatable bonds is 6. The number of aliphatic imine (C=N–C) groups is 1. The summed E-state index contributed by atoms with van der Waals surface area (Å²) in [5.74, 6) is -11.0. The van der Waals surface area contributed by atoms with Crippen LogP contribution in [0, 0.1) is 23.3 Å². The van der Waals surface area contributed by atoms with Crippen molar-refractivity contribution in [1.29, 1.82) is 0 Å². The number of nitrogens with zero attached hydrogens (tertiary/aromatic N) is 1. The molecule has 0 radical (unpaired) electrons. The molecule has 0 saturated heterocycles. The first-order valence-corrected chi connectivity index (χ1v) is 6.34. The Labute approximate surface area is 128 Å². The summed E-state index contributed by atoms with van der Waals surface area (Å²) >= 11 is 0. The van der Waals surface area contributed by atoms with Crippen molar-refractivity contribution < 1.29 is 37.7 Å². The molecule has 5 nitrogen and oxygen atoms in total. The van der Waals surface area contributed by atoms with Crippen molar-refractivity contribution in [2.45, 2.75) is 19.4 Å². The summed E-state index contributed by atoms with van der Waals surface area (Å²) in [5, 5.41) is 27.5. The van der Waals surface area contributed by atoms with E-state index in [4.69, 9.17) is 10.2 Å². The van der Waals surface area contributed by atoms with Crippen LogP contribution < -0.4 is 0 Å². The lowest BCUT2D eigenvalue weighted by Crippen LogP contribution is -2.10. The van der Waals surface area contributed by atoms with Gasteiger partial charge in [-0.25, -0.2) is 22.4 Å². The van der Waals surface area contributed by atoms with E-state index in [9.17, 15) is 27.5 Å². The average molecular weight is 335 g/mol. The van der Waals surface area contributed by atoms with Crippen molar-refractivity contribution in [1.82, 2.24) is 0 Å². The normalized spacial score (nSPS) is 14.0. The Kier molecular flexibility index (Phi) is 6.26. The zero-order valence-electron chi connectivity index (χ0n) is 11.9. The van der Waals surface area contributed by atoms with Crippen LogP contribution in [0.4, 0.5) is 17.6 Å². The molecule has 126 valence electrons. The Bertz CT molecular complexity index is 673. The minimum atomic E-state index is -2.18. The number of hydrogen-bond acceptors (Lipinski definition) is 4. The zero-order chi connectivity index (χ0) is 17.7. The molecule has 0 saturated carbocycles. The van der Waals surface area contributed by atoms with Gasteiger partial charge in [0.15, 0.2) is 23.3 Å². The lowest BCUT2D eigenvalue weighted by molar-refractivity contribution is -0.132. The number of aliphatic hydroxyl groups is 2. The van der Waals surface area contributed by atoms with Crippen LogP contribution in [0.3, 0.4) is 0 Å². The third-order valence-electron chi connectivity index (χ3n) is 2.85. The molecule has 9 heteroatoms. The molecule has 0 bridgehead atoms. The van der Waals surface area contributed by atoms with Gasteiger partial charge in [0, 0.05) is 18.9 Å². The van der Waals surface area contributed by atoms with E-state index in [1.807, 2.05) is 0 Å². The fraction of sp³-hybridized carbons (Fsp3) is 0.286. The Morgan fingerprint density at radius 1 is 1.22 bits per heavy atom. The van der Waals surface area contributed by atoms with E-state index in [-0.39, 0.29) is 19.1 Å². The fourth-order valence-electron chi connectivity index (χ4n) is 1.57. The van der Waals surface area contributed by atoms with E-state index < -0.39 is 52.2 Å². The van der Waals surface area contributed by atoms with Crippen LogP contribution in [0.25, 0.3) is 5.76 Å². The second kappa shape index (κ2) is 7.73. The number of carboxylic acids is 1. The summed E-state index contributed by atoms with van der Waals surface area (Å²) < 4.78 is 52.8. The monoisotopic (exact) mass is 335 g/mol. The van der Waals surface area contributed by atoms with Crippen LogP contribution in [0.2, 0.25) is 0 Å². The second-order valence-corrected chi connectivity index (χ2v) is 4.55. The maximum absolute atomic E-state index is 13.6. The van der Waals surface area contributed by atoms with E-state index in [0.717, 1.165) is 0 Å². The lowest BCUT2D eigenvalue weighted by Gasteiger charge is -2.08. The summed E-state index contributed by atoms with van der Waals surface area (Å²) in [6.07, 6.45) is 0.856. The third-order valence-corrected chi connectivity index (χ3v) is 2.85. The van der Waals surface area contributed by atoms with Crippen LogP contribution in [0.1, 0.15) is 18.9 Å². The predicted molar refractivity (Wildman–Crippen MR) is 73.1 cm³/mol. The maximum Gasteiger partial charge on any atom is 0.341 e. The highest BCUT2D eigenvalue weighted by Gasteiger charge is 2.24. The molecule has 3 N–H and O–H groups in total. The first-order chi connectivity index (χ1) is 10.7. The van der Waals surface area contributed by atoms with Crippen LogP contribution in [-0.2, 0) is 4.79 Å². The summed E-state index contributed by atoms with van der Waals surface area (Å²) in [5.41, 5.74) is -2.10. The number of aliphatic hydroxyl groups excluding tert-OH is 2. The number of halogens is 4. The number of benzene rings is 1. The van der Waals surface area contributed by atoms with E-state index in [2.05, 4.69) is 4.99 Å². The molecule has 1 rings (SSSR count). The Morgan fingerprint density at radius 3 is 2.35 bits per heavy atom. The second-order valence-electron chi connectivity index (χ2n) is 4.55. The maximum atomic E-state index is 13.6. The van der Waals surface area contributed by atoms with Crippen molar-refractivity contribution in [2.24, 2.45) is 4.99 Å². The van der Waals surface area contributed by atoms with Gasteiger partial charge < -0.3 is 15.3 Å². The van der Waals surface area contributed by atoms with Gasteiger partial charge in [-0.1, -0.05) is 0 Å². The summed E-state index contributed by atoms with van der Waals surface area (Å²) in [6.45, 7) is 1.31. The van der Waals surface area contributed by atoms with E-state index in [0.29, 0.717) is 6.21 Å². The van der Waals surface area contributed by atoms with Crippen molar-refractivity contribution in [3.8, 4) is 0 Å². The van der Waals surface area contributed by atoms with E-state index in [1.54, 1.807) is 0 Å². The van der Waals surface area contributed by atoms with Crippen LogP contribution in [0.15, 0.2) is 16.6 Å². The zero-order valence-corrected chi connectivity index (χ0v) is 11.9. The first-order valence-electron chi connectivity index (χ1n) is 6.34. The average Bonchev–Trinajstić information content (AvgIpc) is 2.48. The minimum absolute atomic E-state index is 0.136. The molecular weight excluding hydrogens is 322 g/mol. The van der Waals surface area contributed by atoms with Gasteiger partial charge in [-0.2, -0.15) is 0 Å². The van der Waals surface area contributed by atoms with Crippen LogP contribution in [-0.4, -0.2) is 40.2 Å². The van der Waals surface area contributed by atoms with Gasteiger partial charge in [0.2, 0.25) is 0 Å². The van der Waals surface area contributed by atoms with Gasteiger partial charge in [-0.05, 0) is 19.4 Å². The Balaban J connectivity index is 3.41. The molecule has 0 amide bonds. The van der Waals surface area contributed by atoms with Gasteiger partial charge in [0.1, 0.15) is 11.3 Å². The quantitative estimate of drug-likeness (QED) is 0.186. The smallest absolute Gasteiger partial charge is 0.341 e. The lowest BCUT2D eigenvalue weighted by atomic mass is 10.1. The standard InChI is InChI=1S/C14H13F4NO4/c1-6(2-3-20)19-5-8(14(22)23)13(21)7-4-9(15)11(17)12(18)10(7)16/h4-6,20-21H,2-3H2,1H3,(H,22,23). The first kappa shape index (κ1) is 18.6. The summed E-state index contributed by atoms with van der Waals surface area (Å²) in [6, 6.07) is -0.384. The number of carboxylic acid groups (broad SMARTS) is 1. The van der Waals surface area contributed by atoms with Crippen molar-refractivity contribution >= 4 is 17.9 Å². The van der Waals surface area contributed by atoms with Gasteiger partial charge in [0.25, 0.3) is 0 Å². The van der Waals surface area contributed by atoms with E-state index >= 15 is 0 Å². The molecule has 0 heterocycles. The number of carbonyl (C=O) groups is 1. The molecule has 0 aromatic heterocycles. The molecule has 0 fully saturated rings. The summed E-state index contributed by atoms with van der Waals surface area (Å²) in [4.78, 5) is 14.8. The molecule has 0 spiro atoms. The molecule has 23 heavy (non-hydrogen) atoms. The van der Waals surface area contributed by atoms with E-state index in [1.165, 1.54) is 6.92 Å². The van der Waals surface area contributed by atoms with Crippen LogP contribution in [0.5, 0.6) is 0 Å². The van der Waals surface area contributed by atoms with Crippen molar-refractivity contribution in [3.05, 3.63) is 40.5 Å². The number of aliphatic carboxylic acids is 1. The molecule has 1 unspecified atom stereocenters.